The molecule has 10 nitrogen and oxygen atoms in total. The maximum absolute atomic E-state index is 13.2. The van der Waals surface area contributed by atoms with Crippen LogP contribution >= 0.6 is 0 Å². The van der Waals surface area contributed by atoms with Gasteiger partial charge in [0.2, 0.25) is 0 Å². The normalized spacial score (nSPS) is 14.6. The molecule has 1 aliphatic rings. The number of benzene rings is 4. The van der Waals surface area contributed by atoms with Crippen molar-refractivity contribution in [3.8, 4) is 33.8 Å². The monoisotopic (exact) mass is 816 g/mol. The summed E-state index contributed by atoms with van der Waals surface area (Å²) in [5.41, 5.74) is 4.76. The van der Waals surface area contributed by atoms with Gasteiger partial charge in [-0.1, -0.05) is 61.7 Å². The van der Waals surface area contributed by atoms with Crippen molar-refractivity contribution < 1.29 is 47.6 Å². The van der Waals surface area contributed by atoms with Crippen LogP contribution in [0.15, 0.2) is 122 Å². The van der Waals surface area contributed by atoms with Crippen LogP contribution in [0.2, 0.25) is 0 Å². The van der Waals surface area contributed by atoms with E-state index >= 15 is 0 Å². The topological polar surface area (TPSA) is 124 Å². The van der Waals surface area contributed by atoms with Crippen LogP contribution in [0.5, 0.6) is 11.5 Å². The molecular weight excluding hydrogens is 761 g/mol. The van der Waals surface area contributed by atoms with Crippen molar-refractivity contribution in [1.82, 2.24) is 0 Å². The van der Waals surface area contributed by atoms with Gasteiger partial charge < -0.3 is 28.4 Å². The minimum Gasteiger partial charge on any atom is -0.494 e. The second-order valence-electron chi connectivity index (χ2n) is 14.6. The molecule has 0 spiro atoms. The van der Waals surface area contributed by atoms with Crippen molar-refractivity contribution in [3.05, 3.63) is 133 Å². The molecule has 0 saturated heterocycles. The third-order valence-electron chi connectivity index (χ3n) is 10.2. The van der Waals surface area contributed by atoms with E-state index in [1.54, 1.807) is 24.3 Å². The minimum absolute atomic E-state index is 0.388. The Balaban J connectivity index is 1.02. The number of hydrogen-bond donors (Lipinski definition) is 0. The van der Waals surface area contributed by atoms with Crippen LogP contribution in [0.25, 0.3) is 22.3 Å². The summed E-state index contributed by atoms with van der Waals surface area (Å²) in [6, 6.07) is 30.3. The largest absolute Gasteiger partial charge is 0.494 e. The summed E-state index contributed by atoms with van der Waals surface area (Å²) in [6.45, 7) is 8.80. The van der Waals surface area contributed by atoms with Gasteiger partial charge in [-0.2, -0.15) is 0 Å². The summed E-state index contributed by atoms with van der Waals surface area (Å²) in [5, 5.41) is 0. The van der Waals surface area contributed by atoms with E-state index in [9.17, 15) is 19.2 Å². The van der Waals surface area contributed by atoms with E-state index in [4.69, 9.17) is 28.4 Å². The number of esters is 4. The van der Waals surface area contributed by atoms with Crippen LogP contribution in [0, 0.1) is 0 Å². The number of carbonyl (C=O) groups excluding carboxylic acids is 4. The number of carbonyl (C=O) groups is 4. The molecule has 0 aromatic heterocycles. The second kappa shape index (κ2) is 24.7. The minimum atomic E-state index is -0.529. The maximum Gasteiger partial charge on any atom is 0.338 e. The summed E-state index contributed by atoms with van der Waals surface area (Å²) in [4.78, 5) is 48.7. The first-order valence-electron chi connectivity index (χ1n) is 21.0. The molecule has 4 aromatic rings. The molecule has 1 fully saturated rings. The fourth-order valence-corrected chi connectivity index (χ4v) is 6.79. The van der Waals surface area contributed by atoms with E-state index in [1.165, 1.54) is 12.2 Å². The Hall–Kier alpha value is -6.16. The molecule has 0 bridgehead atoms. The Bertz CT molecular complexity index is 1820. The van der Waals surface area contributed by atoms with Gasteiger partial charge in [-0.25, -0.2) is 19.2 Å². The van der Waals surface area contributed by atoms with Gasteiger partial charge in [0.1, 0.15) is 23.7 Å². The van der Waals surface area contributed by atoms with Gasteiger partial charge in [-0.3, -0.25) is 0 Å². The lowest BCUT2D eigenvalue weighted by Crippen LogP contribution is -2.37. The fourth-order valence-electron chi connectivity index (χ4n) is 6.79. The van der Waals surface area contributed by atoms with Crippen LogP contribution in [0.3, 0.4) is 0 Å². The van der Waals surface area contributed by atoms with Crippen molar-refractivity contribution >= 4 is 23.9 Å². The summed E-state index contributed by atoms with van der Waals surface area (Å²) in [5.74, 6) is -0.0966. The summed E-state index contributed by atoms with van der Waals surface area (Å²) in [7, 11) is 0. The summed E-state index contributed by atoms with van der Waals surface area (Å²) >= 11 is 0. The Kier molecular flexibility index (Phi) is 18.5. The molecule has 316 valence electrons. The molecule has 1 saturated carbocycles. The highest BCUT2D eigenvalue weighted by Crippen LogP contribution is 2.28. The SMILES string of the molecule is C=CC(=O)OCCCCCCOc1ccc(-c2ccc(C(=O)O[C@@H]3CCCC[C@H]3OC(=O)c3ccc(-c4ccc(OCCCCCCOC(=O)C=C)cc4)cc3)cc2)cc1. The van der Waals surface area contributed by atoms with Crippen LogP contribution in [0.1, 0.15) is 97.8 Å². The number of hydrogen-bond acceptors (Lipinski definition) is 10. The molecule has 4 aromatic carbocycles. The predicted molar refractivity (Wildman–Crippen MR) is 231 cm³/mol. The highest BCUT2D eigenvalue weighted by molar-refractivity contribution is 5.91. The molecule has 5 rings (SSSR count). The zero-order chi connectivity index (χ0) is 42.4. The Morgan fingerprint density at radius 2 is 0.767 bits per heavy atom. The van der Waals surface area contributed by atoms with Crippen molar-refractivity contribution in [3.63, 3.8) is 0 Å². The van der Waals surface area contributed by atoms with Crippen LogP contribution in [0.4, 0.5) is 0 Å². The van der Waals surface area contributed by atoms with Crippen molar-refractivity contribution in [2.45, 2.75) is 89.3 Å². The summed E-state index contributed by atoms with van der Waals surface area (Å²) < 4.78 is 33.6. The Labute approximate surface area is 353 Å². The highest BCUT2D eigenvalue weighted by atomic mass is 16.6. The molecule has 0 amide bonds. The van der Waals surface area contributed by atoms with Crippen LogP contribution < -0.4 is 9.47 Å². The van der Waals surface area contributed by atoms with Gasteiger partial charge >= 0.3 is 23.9 Å². The van der Waals surface area contributed by atoms with E-state index < -0.39 is 24.1 Å². The third-order valence-corrected chi connectivity index (χ3v) is 10.2. The van der Waals surface area contributed by atoms with E-state index in [1.807, 2.05) is 72.8 Å². The average molecular weight is 817 g/mol. The molecule has 0 heterocycles. The first-order chi connectivity index (χ1) is 29.3. The first-order valence-corrected chi connectivity index (χ1v) is 21.0. The van der Waals surface area contributed by atoms with Crippen LogP contribution in [-0.4, -0.2) is 62.5 Å². The first kappa shape index (κ1) is 44.9. The van der Waals surface area contributed by atoms with Gasteiger partial charge in [-0.05, 0) is 148 Å². The maximum atomic E-state index is 13.2. The number of unbranched alkanes of at least 4 members (excludes halogenated alkanes) is 6. The zero-order valence-corrected chi connectivity index (χ0v) is 34.4. The molecule has 0 radical (unpaired) electrons. The molecule has 0 unspecified atom stereocenters. The van der Waals surface area contributed by atoms with Crippen molar-refractivity contribution in [1.29, 1.82) is 0 Å². The molecule has 1 aliphatic carbocycles. The van der Waals surface area contributed by atoms with E-state index in [0.29, 0.717) is 50.4 Å². The summed E-state index contributed by atoms with van der Waals surface area (Å²) in [6.07, 6.45) is 11.6. The predicted octanol–water partition coefficient (Wildman–Crippen LogP) is 10.7. The van der Waals surface area contributed by atoms with Gasteiger partial charge in [0.25, 0.3) is 0 Å². The third kappa shape index (κ3) is 14.9. The number of rotatable bonds is 24. The number of ether oxygens (including phenoxy) is 6. The highest BCUT2D eigenvalue weighted by Gasteiger charge is 2.32. The lowest BCUT2D eigenvalue weighted by molar-refractivity contribution is -0.138. The van der Waals surface area contributed by atoms with E-state index in [2.05, 4.69) is 13.2 Å². The van der Waals surface area contributed by atoms with E-state index in [-0.39, 0.29) is 11.9 Å². The molecule has 2 atom stereocenters. The smallest absolute Gasteiger partial charge is 0.338 e. The van der Waals surface area contributed by atoms with E-state index in [0.717, 1.165) is 98.0 Å². The fraction of sp³-hybridized carbons (Fsp3) is 0.360. The van der Waals surface area contributed by atoms with Gasteiger partial charge in [0.15, 0.2) is 0 Å². The van der Waals surface area contributed by atoms with Crippen molar-refractivity contribution in [2.24, 2.45) is 0 Å². The molecular formula is C50H56O10. The molecule has 0 aliphatic heterocycles. The van der Waals surface area contributed by atoms with Gasteiger partial charge in [0.05, 0.1) is 37.6 Å². The quantitative estimate of drug-likeness (QED) is 0.0292. The lowest BCUT2D eigenvalue weighted by atomic mass is 9.94. The second-order valence-corrected chi connectivity index (χ2v) is 14.6. The Morgan fingerprint density at radius 3 is 1.10 bits per heavy atom. The van der Waals surface area contributed by atoms with Crippen LogP contribution in [-0.2, 0) is 28.5 Å². The van der Waals surface area contributed by atoms with Gasteiger partial charge in [0, 0.05) is 12.2 Å². The lowest BCUT2D eigenvalue weighted by Gasteiger charge is -2.30. The standard InChI is InChI=1S/C50H56O10/c1-3-47(51)57-35-13-7-5-11-33-55-43-29-25-39(26-30-43)37-17-21-41(22-18-37)49(53)59-45-15-9-10-16-46(45)60-50(54)42-23-19-38(20-24-42)40-27-31-44(32-28-40)56-34-12-6-8-14-36-58-48(52)4-2/h3-4,17-32,45-46H,1-2,5-16,33-36H2/t45-,46-/m1/s1. The molecule has 0 N–H and O–H groups in total. The zero-order valence-electron chi connectivity index (χ0n) is 34.4. The Morgan fingerprint density at radius 1 is 0.450 bits per heavy atom. The molecule has 60 heavy (non-hydrogen) atoms. The van der Waals surface area contributed by atoms with Crippen molar-refractivity contribution in [2.75, 3.05) is 26.4 Å². The molecule has 10 heteroatoms. The van der Waals surface area contributed by atoms with Gasteiger partial charge in [-0.15, -0.1) is 0 Å². The average Bonchev–Trinajstić information content (AvgIpc) is 3.29.